The van der Waals surface area contributed by atoms with Crippen molar-refractivity contribution in [3.63, 3.8) is 0 Å². The SMILES string of the molecule is Cc1cccc2cccc(-c3ncc4c(c3F)NC(OCC35CCCN3C(c3ccc(C#N)c6c(-c7ncc8c(N9CCCC%10(C9)NC(=O)NC%10=O)nc(OCC9%10CCCN9CCC%10)nc8c7F)cccc36)CC5)N=C4N3CCCC4(C3)NC(=O)NC4=O)c12. The third-order valence-corrected chi connectivity index (χ3v) is 20.9. The van der Waals surface area contributed by atoms with Gasteiger partial charge in [0.15, 0.2) is 11.6 Å². The molecule has 8 saturated heterocycles. The Bertz CT molecular complexity index is 4280. The summed E-state index contributed by atoms with van der Waals surface area (Å²) in [5, 5.41) is 28.2. The number of fused-ring (bicyclic) bond motifs is 6. The second kappa shape index (κ2) is 20.8. The zero-order valence-electron chi connectivity index (χ0n) is 49.2. The van der Waals surface area contributed by atoms with Crippen LogP contribution in [0.15, 0.2) is 84.1 Å². The maximum atomic E-state index is 18.0. The standard InChI is InChI=1S/C66H65F2N15O6/c1-37-10-2-11-38-12-3-14-42(47(37)38)51-49(67)53-44(31-70-51)56(81-26-9-23-66(34-81)58(85)77-60(87)79-66)75-62(73-53)89-36-64-21-7-29-83(64)46(18-24-64)40-17-16-39(30-69)48-41(40)13-4-15-43(48)52-50(68)54-45(32-71-52)55(80-25-8-22-65(33-80)57(84)76-59(86)78-65)74-61(72-54)88-35-63-19-5-27-82(63)28-6-20-63/h2-4,10-17,31-32,46,62,73H,5-9,18-29,33-36H2,1H3,(H2,76,78,84,86)(H2,77,79,85,87). The van der Waals surface area contributed by atoms with E-state index in [2.05, 4.69) is 42.5 Å². The van der Waals surface area contributed by atoms with Crippen LogP contribution in [0.1, 0.15) is 105 Å². The molecule has 4 aromatic carbocycles. The van der Waals surface area contributed by atoms with Crippen molar-refractivity contribution in [3.8, 4) is 34.6 Å². The topological polar surface area (TPSA) is 248 Å². The van der Waals surface area contributed by atoms with Crippen molar-refractivity contribution in [3.05, 3.63) is 113 Å². The number of pyridine rings is 2. The normalized spacial score (nSPS) is 26.3. The summed E-state index contributed by atoms with van der Waals surface area (Å²) in [6.45, 7) is 6.46. The van der Waals surface area contributed by atoms with Gasteiger partial charge < -0.3 is 35.2 Å². The van der Waals surface area contributed by atoms with Gasteiger partial charge in [0.05, 0.1) is 53.5 Å². The average molecular weight is 1200 g/mol. The molecule has 9 aliphatic heterocycles. The number of hydrogen-bond donors (Lipinski definition) is 5. The first-order valence-corrected chi connectivity index (χ1v) is 31.1. The highest BCUT2D eigenvalue weighted by Gasteiger charge is 2.53. The molecule has 16 rings (SSSR count). The first-order chi connectivity index (χ1) is 43.3. The number of halogens is 2. The van der Waals surface area contributed by atoms with E-state index >= 15 is 8.78 Å². The molecule has 5 unspecified atom stereocenters. The summed E-state index contributed by atoms with van der Waals surface area (Å²) in [5.74, 6) is -1.38. The number of benzene rings is 4. The molecule has 0 saturated carbocycles. The second-order valence-corrected chi connectivity index (χ2v) is 25.8. The molecule has 12 heterocycles. The Labute approximate surface area is 510 Å². The Morgan fingerprint density at radius 1 is 0.674 bits per heavy atom. The van der Waals surface area contributed by atoms with Crippen LogP contribution in [0.2, 0.25) is 0 Å². The lowest BCUT2D eigenvalue weighted by atomic mass is 9.88. The smallest absolute Gasteiger partial charge is 0.322 e. The summed E-state index contributed by atoms with van der Waals surface area (Å²) >= 11 is 0. The van der Waals surface area contributed by atoms with Crippen molar-refractivity contribution >= 4 is 73.7 Å². The Morgan fingerprint density at radius 2 is 1.34 bits per heavy atom. The summed E-state index contributed by atoms with van der Waals surface area (Å²) in [6.07, 6.45) is 11.3. The molecule has 21 nitrogen and oxygen atoms in total. The van der Waals surface area contributed by atoms with Gasteiger partial charge >= 0.3 is 18.1 Å². The number of aromatic nitrogens is 4. The van der Waals surface area contributed by atoms with Crippen LogP contribution in [0.25, 0.3) is 55.0 Å². The number of amides is 6. The van der Waals surface area contributed by atoms with Crippen LogP contribution in [0, 0.1) is 29.9 Å². The number of urea groups is 2. The number of nitrogens with one attached hydrogen (secondary N) is 5. The molecule has 5 atom stereocenters. The first-order valence-electron chi connectivity index (χ1n) is 31.1. The number of carbonyl (C=O) groups is 4. The molecule has 8 fully saturated rings. The third kappa shape index (κ3) is 8.78. The molecule has 2 spiro atoms. The van der Waals surface area contributed by atoms with E-state index in [0.29, 0.717) is 90.1 Å². The largest absolute Gasteiger partial charge is 0.461 e. The number of amidine groups is 1. The minimum Gasteiger partial charge on any atom is -0.461 e. The van der Waals surface area contributed by atoms with Gasteiger partial charge in [-0.3, -0.25) is 40.0 Å². The van der Waals surface area contributed by atoms with Crippen LogP contribution >= 0.6 is 0 Å². The number of aliphatic imine (C=N–C) groups is 1. The Balaban J connectivity index is 0.728. The van der Waals surface area contributed by atoms with Crippen molar-refractivity contribution in [2.24, 2.45) is 4.99 Å². The second-order valence-electron chi connectivity index (χ2n) is 25.8. The third-order valence-electron chi connectivity index (χ3n) is 20.9. The monoisotopic (exact) mass is 1200 g/mol. The maximum Gasteiger partial charge on any atom is 0.322 e. The highest BCUT2D eigenvalue weighted by molar-refractivity contribution is 6.10. The minimum absolute atomic E-state index is 0.000582. The number of carbonyl (C=O) groups excluding carboxylic acids is 4. The highest BCUT2D eigenvalue weighted by atomic mass is 19.1. The number of ether oxygens (including phenoxy) is 2. The quantitative estimate of drug-likeness (QED) is 0.0810. The van der Waals surface area contributed by atoms with Crippen LogP contribution in [0.4, 0.5) is 29.9 Å². The number of rotatable bonds is 10. The zero-order valence-corrected chi connectivity index (χ0v) is 49.2. The van der Waals surface area contributed by atoms with E-state index in [0.717, 1.165) is 98.3 Å². The summed E-state index contributed by atoms with van der Waals surface area (Å²) in [6, 6.07) is 22.3. The van der Waals surface area contributed by atoms with Crippen molar-refractivity contribution in [1.82, 2.24) is 55.9 Å². The summed E-state index contributed by atoms with van der Waals surface area (Å²) in [4.78, 5) is 85.0. The van der Waals surface area contributed by atoms with Gasteiger partial charge in [-0.1, -0.05) is 60.7 Å². The van der Waals surface area contributed by atoms with Crippen molar-refractivity contribution in [2.75, 3.05) is 69.2 Å². The van der Waals surface area contributed by atoms with Crippen molar-refractivity contribution < 1.29 is 37.4 Å². The summed E-state index contributed by atoms with van der Waals surface area (Å²) in [5.41, 5.74) is 1.09. The maximum absolute atomic E-state index is 18.0. The number of likely N-dealkylation sites (tertiary alicyclic amines) is 1. The molecule has 5 N–H and O–H groups in total. The number of imide groups is 2. The predicted molar refractivity (Wildman–Crippen MR) is 327 cm³/mol. The van der Waals surface area contributed by atoms with Crippen LogP contribution < -0.4 is 36.2 Å². The fraction of sp³-hybridized carbons (Fsp3) is 0.424. The fourth-order valence-electron chi connectivity index (χ4n) is 16.7. The number of nitrogens with zero attached hydrogens (tertiary/aromatic N) is 10. The highest BCUT2D eigenvalue weighted by Crippen LogP contribution is 2.52. The Morgan fingerprint density at radius 3 is 2.08 bits per heavy atom. The lowest BCUT2D eigenvalue weighted by molar-refractivity contribution is -0.125. The van der Waals surface area contributed by atoms with Gasteiger partial charge in [0, 0.05) is 53.6 Å². The molecule has 0 aliphatic carbocycles. The van der Waals surface area contributed by atoms with E-state index in [9.17, 15) is 24.4 Å². The molecule has 23 heteroatoms. The molecule has 0 radical (unpaired) electrons. The van der Waals surface area contributed by atoms with E-state index < -0.39 is 58.5 Å². The van der Waals surface area contributed by atoms with Gasteiger partial charge in [-0.15, -0.1) is 0 Å². The van der Waals surface area contributed by atoms with Crippen molar-refractivity contribution in [2.45, 2.75) is 119 Å². The molecular formula is C66H65F2N15O6. The van der Waals surface area contributed by atoms with E-state index in [-0.39, 0.29) is 59.9 Å². The lowest BCUT2D eigenvalue weighted by Gasteiger charge is -2.41. The summed E-state index contributed by atoms with van der Waals surface area (Å²) in [7, 11) is 0. The van der Waals surface area contributed by atoms with E-state index in [4.69, 9.17) is 34.4 Å². The molecular weight excluding hydrogens is 1140 g/mol. The average Bonchev–Trinajstić information content (AvgIpc) is 1.91. The molecule has 3 aromatic heterocycles. The van der Waals surface area contributed by atoms with Gasteiger partial charge in [0.25, 0.3) is 11.8 Å². The predicted octanol–water partition coefficient (Wildman–Crippen LogP) is 8.22. The minimum atomic E-state index is -1.19. The number of aryl methyl sites for hydroxylation is 1. The molecule has 454 valence electrons. The van der Waals surface area contributed by atoms with Gasteiger partial charge in [-0.2, -0.15) is 15.2 Å². The van der Waals surface area contributed by atoms with E-state index in [1.165, 1.54) is 0 Å². The van der Waals surface area contributed by atoms with Gasteiger partial charge in [0.1, 0.15) is 46.2 Å². The number of nitriles is 1. The van der Waals surface area contributed by atoms with Crippen LogP contribution in [-0.4, -0.2) is 152 Å². The van der Waals surface area contributed by atoms with Gasteiger partial charge in [0.2, 0.25) is 6.35 Å². The van der Waals surface area contributed by atoms with Crippen molar-refractivity contribution in [1.29, 1.82) is 5.26 Å². The molecule has 7 aromatic rings. The number of hydrogen-bond acceptors (Lipinski definition) is 17. The van der Waals surface area contributed by atoms with Crippen LogP contribution in [-0.2, 0) is 14.3 Å². The Kier molecular flexibility index (Phi) is 12.9. The zero-order chi connectivity index (χ0) is 60.6. The Hall–Kier alpha value is -8.98. The van der Waals surface area contributed by atoms with Gasteiger partial charge in [-0.05, 0) is 137 Å². The number of piperidine rings is 2. The molecule has 6 amide bonds. The van der Waals surface area contributed by atoms with E-state index in [1.807, 2.05) is 71.3 Å². The summed E-state index contributed by atoms with van der Waals surface area (Å²) < 4.78 is 49.1. The number of anilines is 2. The van der Waals surface area contributed by atoms with E-state index in [1.54, 1.807) is 24.5 Å². The lowest BCUT2D eigenvalue weighted by Crippen LogP contribution is -2.60. The molecule has 89 heavy (non-hydrogen) atoms. The van der Waals surface area contributed by atoms with Gasteiger partial charge in [-0.25, -0.2) is 23.4 Å². The molecule has 0 bridgehead atoms. The van der Waals surface area contributed by atoms with Crippen LogP contribution in [0.5, 0.6) is 6.01 Å². The molecule has 9 aliphatic rings. The first kappa shape index (κ1) is 55.3. The fourth-order valence-corrected chi connectivity index (χ4v) is 16.7. The van der Waals surface area contributed by atoms with Crippen LogP contribution in [0.3, 0.4) is 0 Å².